The van der Waals surface area contributed by atoms with Gasteiger partial charge in [0.15, 0.2) is 0 Å². The Labute approximate surface area is 124 Å². The van der Waals surface area contributed by atoms with Gasteiger partial charge in [0.25, 0.3) is 0 Å². The van der Waals surface area contributed by atoms with Crippen molar-refractivity contribution in [3.05, 3.63) is 52.8 Å². The molecule has 0 radical (unpaired) electrons. The molecule has 0 amide bonds. The van der Waals surface area contributed by atoms with Crippen LogP contribution in [0.25, 0.3) is 0 Å². The normalized spacial score (nSPS) is 21.7. The van der Waals surface area contributed by atoms with Crippen molar-refractivity contribution in [2.24, 2.45) is 7.05 Å². The van der Waals surface area contributed by atoms with Crippen LogP contribution in [0.15, 0.2) is 36.5 Å². The van der Waals surface area contributed by atoms with E-state index in [-0.39, 0.29) is 0 Å². The van der Waals surface area contributed by atoms with Crippen molar-refractivity contribution in [2.75, 3.05) is 6.54 Å². The highest BCUT2D eigenvalue weighted by molar-refractivity contribution is 6.30. The molecule has 1 aromatic heterocycles. The molecule has 20 heavy (non-hydrogen) atoms. The number of hydrogen-bond acceptors (Lipinski definition) is 2. The summed E-state index contributed by atoms with van der Waals surface area (Å²) in [5.41, 5.74) is 2.57. The third-order valence-corrected chi connectivity index (χ3v) is 4.31. The summed E-state index contributed by atoms with van der Waals surface area (Å²) in [5, 5.41) is 8.82. The molecule has 1 N–H and O–H groups in total. The Morgan fingerprint density at radius 1 is 1.25 bits per heavy atom. The van der Waals surface area contributed by atoms with Gasteiger partial charge in [0.05, 0.1) is 5.69 Å². The van der Waals surface area contributed by atoms with E-state index >= 15 is 0 Å². The lowest BCUT2D eigenvalue weighted by Gasteiger charge is -2.36. The molecule has 0 spiro atoms. The summed E-state index contributed by atoms with van der Waals surface area (Å²) in [6.45, 7) is 1.01. The third-order valence-electron chi connectivity index (χ3n) is 4.06. The number of aryl methyl sites for hydroxylation is 1. The first kappa shape index (κ1) is 13.7. The quantitative estimate of drug-likeness (QED) is 0.916. The summed E-state index contributed by atoms with van der Waals surface area (Å²) >= 11 is 5.91. The lowest BCUT2D eigenvalue weighted by atomic mass is 9.76. The first-order valence-corrected chi connectivity index (χ1v) is 7.56. The lowest BCUT2D eigenvalue weighted by molar-refractivity contribution is 0.292. The minimum Gasteiger partial charge on any atom is -0.314 e. The molecular weight excluding hydrogens is 270 g/mol. The Hall–Kier alpha value is -1.32. The first-order valence-electron chi connectivity index (χ1n) is 7.18. The van der Waals surface area contributed by atoms with E-state index in [0.29, 0.717) is 12.0 Å². The zero-order valence-electron chi connectivity index (χ0n) is 11.7. The van der Waals surface area contributed by atoms with Crippen molar-refractivity contribution >= 4 is 11.6 Å². The van der Waals surface area contributed by atoms with E-state index in [4.69, 9.17) is 11.6 Å². The molecule has 106 valence electrons. The average Bonchev–Trinajstić information content (AvgIpc) is 2.80. The van der Waals surface area contributed by atoms with Gasteiger partial charge < -0.3 is 5.32 Å². The molecule has 3 rings (SSSR count). The van der Waals surface area contributed by atoms with Gasteiger partial charge in [-0.15, -0.1) is 0 Å². The maximum atomic E-state index is 5.91. The molecule has 1 aromatic carbocycles. The highest BCUT2D eigenvalue weighted by atomic mass is 35.5. The van der Waals surface area contributed by atoms with E-state index < -0.39 is 0 Å². The molecule has 1 aliphatic rings. The minimum absolute atomic E-state index is 0.652. The molecule has 1 aliphatic carbocycles. The van der Waals surface area contributed by atoms with Gasteiger partial charge in [0.1, 0.15) is 0 Å². The van der Waals surface area contributed by atoms with E-state index in [1.165, 1.54) is 18.4 Å². The predicted molar refractivity (Wildman–Crippen MR) is 82.1 cm³/mol. The second kappa shape index (κ2) is 5.98. The molecule has 0 saturated heterocycles. The van der Waals surface area contributed by atoms with Gasteiger partial charge >= 0.3 is 0 Å². The Morgan fingerprint density at radius 3 is 2.65 bits per heavy atom. The summed E-state index contributed by atoms with van der Waals surface area (Å²) in [7, 11) is 1.96. The van der Waals surface area contributed by atoms with Crippen LogP contribution < -0.4 is 5.32 Å². The van der Waals surface area contributed by atoms with Crippen LogP contribution in [0.3, 0.4) is 0 Å². The van der Waals surface area contributed by atoms with Crippen molar-refractivity contribution in [1.82, 2.24) is 15.1 Å². The van der Waals surface area contributed by atoms with Gasteiger partial charge in [-0.05, 0) is 42.5 Å². The van der Waals surface area contributed by atoms with Crippen molar-refractivity contribution in [3.63, 3.8) is 0 Å². The van der Waals surface area contributed by atoms with Crippen molar-refractivity contribution in [1.29, 1.82) is 0 Å². The van der Waals surface area contributed by atoms with Gasteiger partial charge in [-0.1, -0.05) is 23.7 Å². The number of halogens is 1. The summed E-state index contributed by atoms with van der Waals surface area (Å²) in [6.07, 6.45) is 5.45. The van der Waals surface area contributed by atoms with Gasteiger partial charge in [-0.25, -0.2) is 0 Å². The second-order valence-corrected chi connectivity index (χ2v) is 6.04. The summed E-state index contributed by atoms with van der Waals surface area (Å²) in [5.74, 6) is 0.694. The fraction of sp³-hybridized carbons (Fsp3) is 0.438. The topological polar surface area (TPSA) is 29.9 Å². The number of nitrogens with zero attached hydrogens (tertiary/aromatic N) is 2. The second-order valence-electron chi connectivity index (χ2n) is 5.60. The summed E-state index contributed by atoms with van der Waals surface area (Å²) in [6, 6.07) is 11.0. The third kappa shape index (κ3) is 3.22. The predicted octanol–water partition coefficient (Wildman–Crippen LogP) is 3.15. The molecule has 3 nitrogen and oxygen atoms in total. The zero-order valence-corrected chi connectivity index (χ0v) is 12.5. The zero-order chi connectivity index (χ0) is 13.9. The molecule has 1 heterocycles. The molecule has 1 saturated carbocycles. The van der Waals surface area contributed by atoms with Crippen LogP contribution >= 0.6 is 11.6 Å². The van der Waals surface area contributed by atoms with Crippen molar-refractivity contribution in [3.8, 4) is 0 Å². The number of benzene rings is 1. The standard InChI is InChI=1S/C16H20ClN3/c1-20-9-7-15(19-20)6-8-18-16-10-13(11-16)12-2-4-14(17)5-3-12/h2-5,7,9,13,16,18H,6,8,10-11H2,1H3. The number of nitrogens with one attached hydrogen (secondary N) is 1. The minimum atomic E-state index is 0.652. The van der Waals surface area contributed by atoms with Gasteiger partial charge in [0.2, 0.25) is 0 Å². The smallest absolute Gasteiger partial charge is 0.0637 e. The number of aromatic nitrogens is 2. The molecule has 1 fully saturated rings. The van der Waals surface area contributed by atoms with Crippen LogP contribution in [0.4, 0.5) is 0 Å². The Balaban J connectivity index is 1.39. The first-order chi connectivity index (χ1) is 9.70. The molecule has 0 aliphatic heterocycles. The largest absolute Gasteiger partial charge is 0.314 e. The lowest BCUT2D eigenvalue weighted by Crippen LogP contribution is -2.40. The fourth-order valence-electron chi connectivity index (χ4n) is 2.79. The fourth-order valence-corrected chi connectivity index (χ4v) is 2.92. The van der Waals surface area contributed by atoms with E-state index in [2.05, 4.69) is 28.6 Å². The molecular formula is C16H20ClN3. The number of hydrogen-bond donors (Lipinski definition) is 1. The van der Waals surface area contributed by atoms with E-state index in [9.17, 15) is 0 Å². The molecule has 4 heteroatoms. The van der Waals surface area contributed by atoms with Crippen LogP contribution in [0.1, 0.15) is 30.0 Å². The van der Waals surface area contributed by atoms with Crippen LogP contribution in [0.2, 0.25) is 5.02 Å². The Kier molecular flexibility index (Phi) is 4.08. The van der Waals surface area contributed by atoms with E-state index in [0.717, 1.165) is 23.7 Å². The Morgan fingerprint density at radius 2 is 2.00 bits per heavy atom. The van der Waals surface area contributed by atoms with Crippen molar-refractivity contribution < 1.29 is 0 Å². The highest BCUT2D eigenvalue weighted by Crippen LogP contribution is 2.37. The van der Waals surface area contributed by atoms with Crippen LogP contribution in [0.5, 0.6) is 0 Å². The number of rotatable bonds is 5. The maximum Gasteiger partial charge on any atom is 0.0637 e. The van der Waals surface area contributed by atoms with Gasteiger partial charge in [-0.3, -0.25) is 4.68 Å². The average molecular weight is 290 g/mol. The summed E-state index contributed by atoms with van der Waals surface area (Å²) < 4.78 is 1.86. The molecule has 0 bridgehead atoms. The van der Waals surface area contributed by atoms with E-state index in [1.807, 2.05) is 30.1 Å². The molecule has 0 unspecified atom stereocenters. The molecule has 0 atom stereocenters. The Bertz CT molecular complexity index is 555. The summed E-state index contributed by atoms with van der Waals surface area (Å²) in [4.78, 5) is 0. The monoisotopic (exact) mass is 289 g/mol. The van der Waals surface area contributed by atoms with Gasteiger partial charge in [-0.2, -0.15) is 5.10 Å². The maximum absolute atomic E-state index is 5.91. The van der Waals surface area contributed by atoms with Crippen LogP contribution in [-0.4, -0.2) is 22.4 Å². The van der Waals surface area contributed by atoms with Crippen molar-refractivity contribution in [2.45, 2.75) is 31.2 Å². The molecule has 2 aromatic rings. The highest BCUT2D eigenvalue weighted by Gasteiger charge is 2.29. The van der Waals surface area contributed by atoms with Gasteiger partial charge in [0, 0.05) is 37.3 Å². The SMILES string of the molecule is Cn1ccc(CCNC2CC(c3ccc(Cl)cc3)C2)n1. The van der Waals surface area contributed by atoms with Crippen LogP contribution in [-0.2, 0) is 13.5 Å². The van der Waals surface area contributed by atoms with E-state index in [1.54, 1.807) is 0 Å². The van der Waals surface area contributed by atoms with Crippen LogP contribution in [0, 0.1) is 0 Å².